The Kier molecular flexibility index (Phi) is 7.25. The van der Waals surface area contributed by atoms with E-state index < -0.39 is 5.41 Å². The molecule has 0 aliphatic rings. The van der Waals surface area contributed by atoms with Crippen LogP contribution in [0.2, 0.25) is 0 Å². The average Bonchev–Trinajstić information content (AvgIpc) is 2.60. The van der Waals surface area contributed by atoms with Crippen molar-refractivity contribution in [2.75, 3.05) is 5.75 Å². The van der Waals surface area contributed by atoms with Gasteiger partial charge in [0, 0.05) is 11.5 Å². The molecule has 0 aliphatic carbocycles. The molecule has 24 heavy (non-hydrogen) atoms. The van der Waals surface area contributed by atoms with Gasteiger partial charge in [-0.15, -0.1) is 0 Å². The monoisotopic (exact) mass is 360 g/mol. The summed E-state index contributed by atoms with van der Waals surface area (Å²) in [6.07, 6.45) is 0.790. The summed E-state index contributed by atoms with van der Waals surface area (Å²) in [5.74, 6) is 3.08. The fourth-order valence-corrected chi connectivity index (χ4v) is 3.53. The number of carbonyl (C=O) groups excluding carboxylic acids is 1. The zero-order valence-electron chi connectivity index (χ0n) is 14.2. The van der Waals surface area contributed by atoms with E-state index in [1.165, 1.54) is 11.1 Å². The molecule has 2 rings (SSSR count). The summed E-state index contributed by atoms with van der Waals surface area (Å²) in [6, 6.07) is 17.8. The molecule has 2 aromatic carbocycles. The quantitative estimate of drug-likeness (QED) is 0.297. The molecule has 0 radical (unpaired) electrons. The summed E-state index contributed by atoms with van der Waals surface area (Å²) in [4.78, 5) is 12.3. The van der Waals surface area contributed by atoms with Crippen LogP contribution in [0.4, 0.5) is 0 Å². The maximum atomic E-state index is 12.3. The van der Waals surface area contributed by atoms with Crippen molar-refractivity contribution in [1.29, 1.82) is 0 Å². The molecule has 4 heteroatoms. The number of carbonyl (C=O) groups is 1. The van der Waals surface area contributed by atoms with Crippen LogP contribution in [0.1, 0.15) is 31.4 Å². The fourth-order valence-electron chi connectivity index (χ4n) is 2.09. The van der Waals surface area contributed by atoms with Crippen molar-refractivity contribution in [2.24, 2.45) is 5.41 Å². The van der Waals surface area contributed by atoms with Crippen molar-refractivity contribution in [3.05, 3.63) is 65.7 Å². The smallest absolute Gasteiger partial charge is 0.316 e. The number of hydrogen-bond acceptors (Lipinski definition) is 4. The molecule has 0 aliphatic heterocycles. The van der Waals surface area contributed by atoms with Crippen molar-refractivity contribution < 1.29 is 9.53 Å². The number of thioether (sulfide) groups is 1. The van der Waals surface area contributed by atoms with Crippen molar-refractivity contribution in [3.63, 3.8) is 0 Å². The van der Waals surface area contributed by atoms with Gasteiger partial charge in [-0.3, -0.25) is 4.79 Å². The third kappa shape index (κ3) is 5.91. The minimum atomic E-state index is -0.487. The number of hydrogen-bond donors (Lipinski definition) is 1. The van der Waals surface area contributed by atoms with Gasteiger partial charge < -0.3 is 4.74 Å². The van der Waals surface area contributed by atoms with Crippen LogP contribution in [0.5, 0.6) is 5.75 Å². The van der Waals surface area contributed by atoms with Crippen molar-refractivity contribution >= 4 is 30.4 Å². The number of benzene rings is 2. The van der Waals surface area contributed by atoms with E-state index >= 15 is 0 Å². The van der Waals surface area contributed by atoms with Gasteiger partial charge in [0.1, 0.15) is 5.75 Å². The number of esters is 1. The Bertz CT molecular complexity index is 636. The van der Waals surface area contributed by atoms with Gasteiger partial charge in [-0.05, 0) is 49.3 Å². The van der Waals surface area contributed by atoms with Gasteiger partial charge >= 0.3 is 5.97 Å². The lowest BCUT2D eigenvalue weighted by Crippen LogP contribution is -2.29. The van der Waals surface area contributed by atoms with E-state index in [-0.39, 0.29) is 5.97 Å². The predicted molar refractivity (Wildman–Crippen MR) is 106 cm³/mol. The topological polar surface area (TPSA) is 26.3 Å². The lowest BCUT2D eigenvalue weighted by Gasteiger charge is -2.22. The summed E-state index contributed by atoms with van der Waals surface area (Å²) in [7, 11) is 0. The van der Waals surface area contributed by atoms with E-state index in [2.05, 4.69) is 36.9 Å². The lowest BCUT2D eigenvalue weighted by atomic mass is 9.90. The molecule has 0 heterocycles. The molecule has 0 saturated carbocycles. The Balaban J connectivity index is 1.76. The molecule has 0 fully saturated rings. The minimum absolute atomic E-state index is 0.174. The predicted octanol–water partition coefficient (Wildman–Crippen LogP) is 5.37. The highest BCUT2D eigenvalue weighted by Crippen LogP contribution is 2.27. The molecule has 2 aromatic rings. The second-order valence-electron chi connectivity index (χ2n) is 6.36. The van der Waals surface area contributed by atoms with Gasteiger partial charge in [-0.25, -0.2) is 0 Å². The van der Waals surface area contributed by atoms with Gasteiger partial charge in [0.2, 0.25) is 0 Å². The maximum absolute atomic E-state index is 12.3. The molecule has 0 atom stereocenters. The van der Waals surface area contributed by atoms with Gasteiger partial charge in [0.05, 0.1) is 5.41 Å². The highest BCUT2D eigenvalue weighted by atomic mass is 32.2. The summed E-state index contributed by atoms with van der Waals surface area (Å²) in [5.41, 5.74) is 2.05. The number of rotatable bonds is 8. The molecule has 0 unspecified atom stereocenters. The fraction of sp³-hybridized carbons (Fsp3) is 0.350. The van der Waals surface area contributed by atoms with Crippen LogP contribution in [-0.2, 0) is 16.3 Å². The maximum Gasteiger partial charge on any atom is 0.316 e. The Hall–Kier alpha value is -1.39. The minimum Gasteiger partial charge on any atom is -0.426 e. The first-order chi connectivity index (χ1) is 11.5. The lowest BCUT2D eigenvalue weighted by molar-refractivity contribution is -0.144. The first kappa shape index (κ1) is 18.9. The Morgan fingerprint density at radius 2 is 1.67 bits per heavy atom. The molecule has 0 amide bonds. The first-order valence-corrected chi connectivity index (χ1v) is 9.84. The normalized spacial score (nSPS) is 11.3. The molecule has 0 bridgehead atoms. The molecular weight excluding hydrogens is 336 g/mol. The molecule has 0 aromatic heterocycles. The standard InChI is InChI=1S/C20H24O2S2/c1-20(2,19(21)22-18-6-4-3-5-7-18)12-13-24-15-17-10-8-16(14-23)9-11-17/h3-11,23H,12-15H2,1-2H3. The number of para-hydroxylation sites is 1. The summed E-state index contributed by atoms with van der Waals surface area (Å²) in [6.45, 7) is 3.89. The van der Waals surface area contributed by atoms with E-state index in [1.54, 1.807) is 12.1 Å². The summed E-state index contributed by atoms with van der Waals surface area (Å²) >= 11 is 6.11. The molecule has 0 saturated heterocycles. The summed E-state index contributed by atoms with van der Waals surface area (Å²) in [5, 5.41) is 0. The second kappa shape index (κ2) is 9.19. The summed E-state index contributed by atoms with van der Waals surface area (Å²) < 4.78 is 5.46. The number of ether oxygens (including phenoxy) is 1. The van der Waals surface area contributed by atoms with Crippen LogP contribution in [0.15, 0.2) is 54.6 Å². The van der Waals surface area contributed by atoms with E-state index in [0.717, 1.165) is 23.7 Å². The van der Waals surface area contributed by atoms with E-state index in [1.807, 2.05) is 43.8 Å². The van der Waals surface area contributed by atoms with E-state index in [4.69, 9.17) is 4.74 Å². The van der Waals surface area contributed by atoms with Gasteiger partial charge in [0.15, 0.2) is 0 Å². The van der Waals surface area contributed by atoms with Crippen molar-refractivity contribution in [2.45, 2.75) is 31.8 Å². The van der Waals surface area contributed by atoms with Gasteiger partial charge in [-0.2, -0.15) is 24.4 Å². The Morgan fingerprint density at radius 3 is 2.29 bits per heavy atom. The third-order valence-electron chi connectivity index (χ3n) is 3.85. The zero-order valence-corrected chi connectivity index (χ0v) is 15.9. The largest absolute Gasteiger partial charge is 0.426 e. The van der Waals surface area contributed by atoms with Gasteiger partial charge in [-0.1, -0.05) is 42.5 Å². The van der Waals surface area contributed by atoms with Crippen LogP contribution < -0.4 is 4.74 Å². The first-order valence-electron chi connectivity index (χ1n) is 8.05. The zero-order chi connectivity index (χ0) is 17.4. The Labute approximate surface area is 154 Å². The van der Waals surface area contributed by atoms with Crippen LogP contribution in [0, 0.1) is 5.41 Å². The second-order valence-corrected chi connectivity index (χ2v) is 7.79. The van der Waals surface area contributed by atoms with E-state index in [0.29, 0.717) is 5.75 Å². The van der Waals surface area contributed by atoms with Crippen LogP contribution >= 0.6 is 24.4 Å². The number of thiol groups is 1. The van der Waals surface area contributed by atoms with Crippen molar-refractivity contribution in [3.8, 4) is 5.75 Å². The average molecular weight is 361 g/mol. The Morgan fingerprint density at radius 1 is 1.04 bits per heavy atom. The molecule has 128 valence electrons. The highest BCUT2D eigenvalue weighted by molar-refractivity contribution is 7.98. The molecular formula is C20H24O2S2. The van der Waals surface area contributed by atoms with Gasteiger partial charge in [0.25, 0.3) is 0 Å². The van der Waals surface area contributed by atoms with E-state index in [9.17, 15) is 4.79 Å². The third-order valence-corrected chi connectivity index (χ3v) is 5.25. The van der Waals surface area contributed by atoms with Crippen LogP contribution in [-0.4, -0.2) is 11.7 Å². The SMILES string of the molecule is CC(C)(CCSCc1ccc(CS)cc1)C(=O)Oc1ccccc1. The van der Waals surface area contributed by atoms with Crippen molar-refractivity contribution in [1.82, 2.24) is 0 Å². The van der Waals surface area contributed by atoms with Crippen LogP contribution in [0.25, 0.3) is 0 Å². The van der Waals surface area contributed by atoms with Crippen LogP contribution in [0.3, 0.4) is 0 Å². The highest BCUT2D eigenvalue weighted by Gasteiger charge is 2.29. The molecule has 2 nitrogen and oxygen atoms in total. The molecule has 0 spiro atoms. The molecule has 0 N–H and O–H groups in total.